The summed E-state index contributed by atoms with van der Waals surface area (Å²) in [6.07, 6.45) is -3.22. The van der Waals surface area contributed by atoms with Crippen molar-refractivity contribution in [2.75, 3.05) is 20.1 Å². The summed E-state index contributed by atoms with van der Waals surface area (Å²) in [6.45, 7) is 2.28. The zero-order chi connectivity index (χ0) is 20.2. The van der Waals surface area contributed by atoms with Gasteiger partial charge in [-0.3, -0.25) is 9.69 Å². The largest absolute Gasteiger partial charge is 0.480 e. The number of hydrogen-bond acceptors (Lipinski definition) is 3. The van der Waals surface area contributed by atoms with Gasteiger partial charge in [0.25, 0.3) is 0 Å². The molecule has 2 N–H and O–H groups in total. The Morgan fingerprint density at radius 1 is 1.26 bits per heavy atom. The SMILES string of the molecule is CCN(CC(=O)O)C1CC(NC(=O)N(C)Cc2ccccc2C(F)(F)F)C1. The van der Waals surface area contributed by atoms with E-state index in [0.29, 0.717) is 19.4 Å². The highest BCUT2D eigenvalue weighted by Gasteiger charge is 2.36. The maximum Gasteiger partial charge on any atom is 0.416 e. The topological polar surface area (TPSA) is 72.9 Å². The summed E-state index contributed by atoms with van der Waals surface area (Å²) < 4.78 is 39.2. The van der Waals surface area contributed by atoms with Crippen LogP contribution < -0.4 is 5.32 Å². The number of nitrogens with zero attached hydrogens (tertiary/aromatic N) is 2. The number of benzene rings is 1. The van der Waals surface area contributed by atoms with Gasteiger partial charge in [-0.1, -0.05) is 25.1 Å². The molecule has 1 aliphatic carbocycles. The Kier molecular flexibility index (Phi) is 6.69. The Hall–Kier alpha value is -2.29. The third-order valence-electron chi connectivity index (χ3n) is 4.78. The number of hydrogen-bond donors (Lipinski definition) is 2. The number of rotatable bonds is 7. The van der Waals surface area contributed by atoms with E-state index in [4.69, 9.17) is 5.11 Å². The van der Waals surface area contributed by atoms with Crippen LogP contribution in [0.25, 0.3) is 0 Å². The summed E-state index contributed by atoms with van der Waals surface area (Å²) in [6, 6.07) is 4.72. The van der Waals surface area contributed by atoms with Crippen molar-refractivity contribution in [3.05, 3.63) is 35.4 Å². The first-order valence-corrected chi connectivity index (χ1v) is 8.74. The van der Waals surface area contributed by atoms with E-state index < -0.39 is 23.7 Å². The predicted octanol–water partition coefficient (Wildman–Crippen LogP) is 2.78. The van der Waals surface area contributed by atoms with Gasteiger partial charge in [0, 0.05) is 25.7 Å². The van der Waals surface area contributed by atoms with Gasteiger partial charge in [0.1, 0.15) is 0 Å². The van der Waals surface area contributed by atoms with E-state index in [-0.39, 0.29) is 30.7 Å². The highest BCUT2D eigenvalue weighted by Crippen LogP contribution is 2.32. The first-order valence-electron chi connectivity index (χ1n) is 8.74. The Balaban J connectivity index is 1.87. The van der Waals surface area contributed by atoms with E-state index in [1.54, 1.807) is 0 Å². The summed E-state index contributed by atoms with van der Waals surface area (Å²) in [7, 11) is 1.45. The van der Waals surface area contributed by atoms with E-state index in [1.165, 1.54) is 30.1 Å². The minimum absolute atomic E-state index is 0.0350. The summed E-state index contributed by atoms with van der Waals surface area (Å²) in [5.74, 6) is -0.896. The lowest BCUT2D eigenvalue weighted by atomic mass is 9.85. The standard InChI is InChI=1S/C18H24F3N3O3/c1-3-24(11-16(25)26)14-8-13(9-14)22-17(27)23(2)10-12-6-4-5-7-15(12)18(19,20)21/h4-7,13-14H,3,8-11H2,1-2H3,(H,22,27)(H,25,26). The molecular weight excluding hydrogens is 363 g/mol. The van der Waals surface area contributed by atoms with Crippen LogP contribution in [0.1, 0.15) is 30.9 Å². The second-order valence-corrected chi connectivity index (χ2v) is 6.74. The molecule has 1 fully saturated rings. The number of carbonyl (C=O) groups excluding carboxylic acids is 1. The van der Waals surface area contributed by atoms with Crippen molar-refractivity contribution in [2.24, 2.45) is 0 Å². The highest BCUT2D eigenvalue weighted by molar-refractivity contribution is 5.74. The number of aliphatic carboxylic acids is 1. The van der Waals surface area contributed by atoms with Gasteiger partial charge in [0.05, 0.1) is 12.1 Å². The van der Waals surface area contributed by atoms with Crippen molar-refractivity contribution in [3.63, 3.8) is 0 Å². The molecule has 0 heterocycles. The molecule has 1 aromatic rings. The fourth-order valence-corrected chi connectivity index (χ4v) is 3.22. The van der Waals surface area contributed by atoms with Gasteiger partial charge in [-0.2, -0.15) is 13.2 Å². The van der Waals surface area contributed by atoms with Gasteiger partial charge in [-0.25, -0.2) is 4.79 Å². The van der Waals surface area contributed by atoms with E-state index >= 15 is 0 Å². The summed E-state index contributed by atoms with van der Waals surface area (Å²) in [5, 5.41) is 11.7. The van der Waals surface area contributed by atoms with Gasteiger partial charge in [-0.05, 0) is 31.0 Å². The molecule has 6 nitrogen and oxygen atoms in total. The molecule has 0 saturated heterocycles. The lowest BCUT2D eigenvalue weighted by Crippen LogP contribution is -2.56. The number of alkyl halides is 3. The number of carboxylic acid groups (broad SMARTS) is 1. The van der Waals surface area contributed by atoms with Crippen LogP contribution in [0.4, 0.5) is 18.0 Å². The fourth-order valence-electron chi connectivity index (χ4n) is 3.22. The Morgan fingerprint density at radius 3 is 2.44 bits per heavy atom. The average molecular weight is 387 g/mol. The summed E-state index contributed by atoms with van der Waals surface area (Å²) in [4.78, 5) is 26.1. The van der Waals surface area contributed by atoms with Gasteiger partial charge >= 0.3 is 18.2 Å². The Morgan fingerprint density at radius 2 is 1.89 bits per heavy atom. The van der Waals surface area contributed by atoms with Crippen LogP contribution in [0.2, 0.25) is 0 Å². The molecule has 0 radical (unpaired) electrons. The van der Waals surface area contributed by atoms with E-state index in [0.717, 1.165) is 6.07 Å². The van der Waals surface area contributed by atoms with E-state index in [9.17, 15) is 22.8 Å². The second-order valence-electron chi connectivity index (χ2n) is 6.74. The van der Waals surface area contributed by atoms with Gasteiger partial charge in [-0.15, -0.1) is 0 Å². The normalized spacial score (nSPS) is 19.5. The van der Waals surface area contributed by atoms with Crippen LogP contribution in [-0.2, 0) is 17.5 Å². The number of nitrogens with one attached hydrogen (secondary N) is 1. The molecule has 1 aromatic carbocycles. The van der Waals surface area contributed by atoms with Gasteiger partial charge < -0.3 is 15.3 Å². The molecule has 0 atom stereocenters. The Labute approximate surface area is 155 Å². The van der Waals surface area contributed by atoms with Crippen molar-refractivity contribution in [3.8, 4) is 0 Å². The van der Waals surface area contributed by atoms with Crippen molar-refractivity contribution in [1.29, 1.82) is 0 Å². The first-order chi connectivity index (χ1) is 12.6. The molecule has 0 spiro atoms. The van der Waals surface area contributed by atoms with Crippen LogP contribution in [0.3, 0.4) is 0 Å². The van der Waals surface area contributed by atoms with Crippen molar-refractivity contribution in [2.45, 2.75) is 44.6 Å². The van der Waals surface area contributed by atoms with Crippen LogP contribution in [-0.4, -0.2) is 59.1 Å². The number of urea groups is 1. The third-order valence-corrected chi connectivity index (χ3v) is 4.78. The first kappa shape index (κ1) is 21.0. The summed E-state index contributed by atoms with van der Waals surface area (Å²) in [5.41, 5.74) is -0.714. The molecular formula is C18H24F3N3O3. The molecule has 2 rings (SSSR count). The van der Waals surface area contributed by atoms with Crippen molar-refractivity contribution >= 4 is 12.0 Å². The maximum atomic E-state index is 13.1. The third kappa shape index (κ3) is 5.59. The van der Waals surface area contributed by atoms with Crippen molar-refractivity contribution < 1.29 is 27.9 Å². The molecule has 0 aliphatic heterocycles. The van der Waals surface area contributed by atoms with Gasteiger partial charge in [0.2, 0.25) is 0 Å². The quantitative estimate of drug-likeness (QED) is 0.755. The van der Waals surface area contributed by atoms with E-state index in [2.05, 4.69) is 5.32 Å². The van der Waals surface area contributed by atoms with Gasteiger partial charge in [0.15, 0.2) is 0 Å². The lowest BCUT2D eigenvalue weighted by molar-refractivity contribution is -0.140. The number of carbonyl (C=O) groups is 2. The minimum atomic E-state index is -4.47. The molecule has 150 valence electrons. The molecule has 0 aromatic heterocycles. The smallest absolute Gasteiger partial charge is 0.416 e. The number of amides is 2. The molecule has 1 saturated carbocycles. The maximum absolute atomic E-state index is 13.1. The molecule has 0 bridgehead atoms. The molecule has 2 amide bonds. The molecule has 0 unspecified atom stereocenters. The fraction of sp³-hybridized carbons (Fsp3) is 0.556. The van der Waals surface area contributed by atoms with Crippen LogP contribution in [0.5, 0.6) is 0 Å². The van der Waals surface area contributed by atoms with Crippen LogP contribution in [0.15, 0.2) is 24.3 Å². The number of carboxylic acids is 1. The number of halogens is 3. The lowest BCUT2D eigenvalue weighted by Gasteiger charge is -2.42. The van der Waals surface area contributed by atoms with Crippen LogP contribution >= 0.6 is 0 Å². The average Bonchev–Trinajstić information content (AvgIpc) is 2.55. The molecule has 9 heteroatoms. The van der Waals surface area contributed by atoms with Crippen LogP contribution in [0, 0.1) is 0 Å². The van der Waals surface area contributed by atoms with E-state index in [1.807, 2.05) is 11.8 Å². The predicted molar refractivity (Wildman–Crippen MR) is 93.1 cm³/mol. The second kappa shape index (κ2) is 8.60. The highest BCUT2D eigenvalue weighted by atomic mass is 19.4. The molecule has 1 aliphatic rings. The van der Waals surface area contributed by atoms with Crippen molar-refractivity contribution in [1.82, 2.24) is 15.1 Å². The monoisotopic (exact) mass is 387 g/mol. The zero-order valence-electron chi connectivity index (χ0n) is 15.3. The summed E-state index contributed by atoms with van der Waals surface area (Å²) >= 11 is 0. The Bertz CT molecular complexity index is 675. The molecule has 27 heavy (non-hydrogen) atoms. The minimum Gasteiger partial charge on any atom is -0.480 e. The zero-order valence-corrected chi connectivity index (χ0v) is 15.3. The number of likely N-dealkylation sites (N-methyl/N-ethyl adjacent to an activating group) is 1.